The van der Waals surface area contributed by atoms with E-state index in [1.165, 1.54) is 17.7 Å². The first-order valence-corrected chi connectivity index (χ1v) is 9.78. The van der Waals surface area contributed by atoms with Crippen LogP contribution < -0.4 is 15.5 Å². The highest BCUT2D eigenvalue weighted by Gasteiger charge is 2.21. The summed E-state index contributed by atoms with van der Waals surface area (Å²) in [5.74, 6) is 2.61. The van der Waals surface area contributed by atoms with Gasteiger partial charge >= 0.3 is 0 Å². The molecular formula is C20H31N7. The Kier molecular flexibility index (Phi) is 6.32. The van der Waals surface area contributed by atoms with Crippen LogP contribution in [0.5, 0.6) is 0 Å². The summed E-state index contributed by atoms with van der Waals surface area (Å²) in [7, 11) is 1.97. The van der Waals surface area contributed by atoms with E-state index in [2.05, 4.69) is 63.8 Å². The molecule has 1 atom stereocenters. The standard InChI is InChI=1S/C20H31N7/c1-5-21-20(22-13-19-25-24-16(3)26(19)4)23-17-7-6-12-27(14-17)18-10-8-15(2)9-11-18/h8-11,17H,5-7,12-14H2,1-4H3,(H2,21,22,23). The maximum atomic E-state index is 4.71. The van der Waals surface area contributed by atoms with Crippen LogP contribution in [-0.2, 0) is 13.6 Å². The molecule has 1 saturated heterocycles. The number of anilines is 1. The summed E-state index contributed by atoms with van der Waals surface area (Å²) in [6.07, 6.45) is 2.32. The molecule has 2 aromatic rings. The van der Waals surface area contributed by atoms with Gasteiger partial charge in [0.15, 0.2) is 11.8 Å². The molecule has 0 bridgehead atoms. The molecule has 1 aliphatic heterocycles. The van der Waals surface area contributed by atoms with Crippen LogP contribution in [0.1, 0.15) is 37.0 Å². The van der Waals surface area contributed by atoms with Gasteiger partial charge in [-0.25, -0.2) is 4.99 Å². The van der Waals surface area contributed by atoms with Crippen LogP contribution in [-0.4, -0.2) is 46.4 Å². The minimum Gasteiger partial charge on any atom is -0.369 e. The Balaban J connectivity index is 1.63. The second kappa shape index (κ2) is 8.88. The van der Waals surface area contributed by atoms with Gasteiger partial charge < -0.3 is 20.1 Å². The molecule has 1 aromatic carbocycles. The van der Waals surface area contributed by atoms with Gasteiger partial charge in [0.2, 0.25) is 0 Å². The zero-order valence-electron chi connectivity index (χ0n) is 16.9. The molecule has 146 valence electrons. The molecule has 1 fully saturated rings. The number of nitrogens with zero attached hydrogens (tertiary/aromatic N) is 5. The second-order valence-corrected chi connectivity index (χ2v) is 7.18. The summed E-state index contributed by atoms with van der Waals surface area (Å²) in [5.41, 5.74) is 2.59. The lowest BCUT2D eigenvalue weighted by atomic mass is 10.0. The average molecular weight is 370 g/mol. The van der Waals surface area contributed by atoms with Gasteiger partial charge in [-0.1, -0.05) is 17.7 Å². The molecule has 0 aliphatic carbocycles. The molecule has 27 heavy (non-hydrogen) atoms. The number of rotatable bonds is 5. The number of piperidine rings is 1. The predicted octanol–water partition coefficient (Wildman–Crippen LogP) is 2.16. The molecule has 3 rings (SSSR count). The number of hydrogen-bond donors (Lipinski definition) is 2. The maximum Gasteiger partial charge on any atom is 0.191 e. The number of aromatic nitrogens is 3. The molecule has 0 spiro atoms. The summed E-state index contributed by atoms with van der Waals surface area (Å²) >= 11 is 0. The van der Waals surface area contributed by atoms with Crippen LogP contribution in [0.25, 0.3) is 0 Å². The van der Waals surface area contributed by atoms with Crippen LogP contribution in [0.4, 0.5) is 5.69 Å². The quantitative estimate of drug-likeness (QED) is 0.624. The first-order chi connectivity index (χ1) is 13.1. The van der Waals surface area contributed by atoms with E-state index in [-0.39, 0.29) is 0 Å². The van der Waals surface area contributed by atoms with E-state index < -0.39 is 0 Å². The zero-order valence-corrected chi connectivity index (χ0v) is 16.9. The van der Waals surface area contributed by atoms with Gasteiger partial charge in [-0.3, -0.25) is 0 Å². The Morgan fingerprint density at radius 1 is 1.22 bits per heavy atom. The molecule has 2 N–H and O–H groups in total. The Hall–Kier alpha value is -2.57. The van der Waals surface area contributed by atoms with Crippen LogP contribution in [0.2, 0.25) is 0 Å². The van der Waals surface area contributed by atoms with Crippen molar-refractivity contribution in [2.45, 2.75) is 46.2 Å². The number of guanidine groups is 1. The summed E-state index contributed by atoms with van der Waals surface area (Å²) in [6, 6.07) is 9.17. The molecule has 0 saturated carbocycles. The van der Waals surface area contributed by atoms with Crippen molar-refractivity contribution in [1.29, 1.82) is 0 Å². The van der Waals surface area contributed by atoms with Crippen LogP contribution in [0, 0.1) is 13.8 Å². The van der Waals surface area contributed by atoms with Crippen LogP contribution in [0.3, 0.4) is 0 Å². The van der Waals surface area contributed by atoms with E-state index in [1.54, 1.807) is 0 Å². The van der Waals surface area contributed by atoms with Gasteiger partial charge in [0.25, 0.3) is 0 Å². The van der Waals surface area contributed by atoms with E-state index >= 15 is 0 Å². The van der Waals surface area contributed by atoms with Crippen molar-refractivity contribution < 1.29 is 0 Å². The smallest absolute Gasteiger partial charge is 0.191 e. The first kappa shape index (κ1) is 19.2. The van der Waals surface area contributed by atoms with E-state index in [1.807, 2.05) is 18.5 Å². The fourth-order valence-electron chi connectivity index (χ4n) is 3.34. The third-order valence-corrected chi connectivity index (χ3v) is 5.07. The van der Waals surface area contributed by atoms with Gasteiger partial charge in [0, 0.05) is 38.4 Å². The number of hydrogen-bond acceptors (Lipinski definition) is 4. The van der Waals surface area contributed by atoms with Crippen molar-refractivity contribution >= 4 is 11.6 Å². The highest BCUT2D eigenvalue weighted by atomic mass is 15.3. The Morgan fingerprint density at radius 2 is 2.00 bits per heavy atom. The molecule has 0 radical (unpaired) electrons. The highest BCUT2D eigenvalue weighted by molar-refractivity contribution is 5.80. The summed E-state index contributed by atoms with van der Waals surface area (Å²) in [4.78, 5) is 7.17. The molecule has 1 unspecified atom stereocenters. The fraction of sp³-hybridized carbons (Fsp3) is 0.550. The predicted molar refractivity (Wildman–Crippen MR) is 110 cm³/mol. The van der Waals surface area contributed by atoms with Crippen molar-refractivity contribution in [3.63, 3.8) is 0 Å². The van der Waals surface area contributed by atoms with Crippen LogP contribution in [0.15, 0.2) is 29.3 Å². The third kappa shape index (κ3) is 4.99. The van der Waals surface area contributed by atoms with Crippen molar-refractivity contribution in [1.82, 2.24) is 25.4 Å². The lowest BCUT2D eigenvalue weighted by Crippen LogP contribution is -2.51. The Labute approximate surface area is 161 Å². The average Bonchev–Trinajstić information content (AvgIpc) is 2.99. The van der Waals surface area contributed by atoms with Gasteiger partial charge in [0.1, 0.15) is 12.4 Å². The number of benzene rings is 1. The number of nitrogens with one attached hydrogen (secondary N) is 2. The van der Waals surface area contributed by atoms with Crippen molar-refractivity contribution in [3.05, 3.63) is 41.5 Å². The van der Waals surface area contributed by atoms with Crippen molar-refractivity contribution in [2.75, 3.05) is 24.5 Å². The topological polar surface area (TPSA) is 70.4 Å². The number of aryl methyl sites for hydroxylation is 2. The van der Waals surface area contributed by atoms with E-state index in [9.17, 15) is 0 Å². The minimum atomic E-state index is 0.374. The molecule has 7 heteroatoms. The molecular weight excluding hydrogens is 338 g/mol. The molecule has 7 nitrogen and oxygen atoms in total. The molecule has 0 amide bonds. The molecule has 1 aromatic heterocycles. The third-order valence-electron chi connectivity index (χ3n) is 5.07. The Morgan fingerprint density at radius 3 is 2.67 bits per heavy atom. The normalized spacial score (nSPS) is 17.9. The summed E-state index contributed by atoms with van der Waals surface area (Å²) in [6.45, 7) is 9.60. The molecule has 1 aliphatic rings. The second-order valence-electron chi connectivity index (χ2n) is 7.18. The SMILES string of the molecule is CCNC(=NCc1nnc(C)n1C)NC1CCCN(c2ccc(C)cc2)C1. The minimum absolute atomic E-state index is 0.374. The van der Waals surface area contributed by atoms with Gasteiger partial charge in [-0.15, -0.1) is 10.2 Å². The lowest BCUT2D eigenvalue weighted by molar-refractivity contribution is 0.468. The monoisotopic (exact) mass is 369 g/mol. The summed E-state index contributed by atoms with van der Waals surface area (Å²) in [5, 5.41) is 15.3. The first-order valence-electron chi connectivity index (χ1n) is 9.78. The maximum absolute atomic E-state index is 4.71. The highest BCUT2D eigenvalue weighted by Crippen LogP contribution is 2.20. The Bertz CT molecular complexity index is 763. The van der Waals surface area contributed by atoms with Gasteiger partial charge in [0.05, 0.1) is 0 Å². The van der Waals surface area contributed by atoms with Crippen LogP contribution >= 0.6 is 0 Å². The van der Waals surface area contributed by atoms with E-state index in [0.717, 1.165) is 43.7 Å². The largest absolute Gasteiger partial charge is 0.369 e. The van der Waals surface area contributed by atoms with E-state index in [4.69, 9.17) is 4.99 Å². The molecule has 2 heterocycles. The van der Waals surface area contributed by atoms with Gasteiger partial charge in [-0.2, -0.15) is 0 Å². The van der Waals surface area contributed by atoms with Gasteiger partial charge in [-0.05, 0) is 45.7 Å². The zero-order chi connectivity index (χ0) is 19.2. The van der Waals surface area contributed by atoms with Crippen molar-refractivity contribution in [3.8, 4) is 0 Å². The van der Waals surface area contributed by atoms with Crippen molar-refractivity contribution in [2.24, 2.45) is 12.0 Å². The summed E-state index contributed by atoms with van der Waals surface area (Å²) < 4.78 is 1.98. The fourth-order valence-corrected chi connectivity index (χ4v) is 3.34. The van der Waals surface area contributed by atoms with E-state index in [0.29, 0.717) is 12.6 Å². The lowest BCUT2D eigenvalue weighted by Gasteiger charge is -2.35. The number of aliphatic imine (C=N–C) groups is 1.